The Hall–Kier alpha value is -1.60. The van der Waals surface area contributed by atoms with Crippen LogP contribution < -0.4 is 11.3 Å². The first kappa shape index (κ1) is 11.9. The fourth-order valence-electron chi connectivity index (χ4n) is 1.11. The standard InChI is InChI=1S/C9H8ClN5OS/c1-4-7(10)12-3-13-8(4)17-9-14-5(11)2-6(16)15-9/h2-3H,1H3,(H3,11,14,15,16). The molecule has 6 nitrogen and oxygen atoms in total. The summed E-state index contributed by atoms with van der Waals surface area (Å²) in [7, 11) is 0. The lowest BCUT2D eigenvalue weighted by molar-refractivity contribution is 0.931. The number of nitrogens with one attached hydrogen (secondary N) is 1. The predicted molar refractivity (Wildman–Crippen MR) is 65.2 cm³/mol. The maximum atomic E-state index is 11.2. The zero-order valence-corrected chi connectivity index (χ0v) is 10.3. The van der Waals surface area contributed by atoms with E-state index in [9.17, 15) is 4.79 Å². The minimum Gasteiger partial charge on any atom is -0.383 e. The molecule has 0 atom stereocenters. The molecular formula is C9H8ClN5OS. The Labute approximate surface area is 106 Å². The van der Waals surface area contributed by atoms with Crippen molar-refractivity contribution in [2.45, 2.75) is 17.1 Å². The van der Waals surface area contributed by atoms with E-state index in [1.54, 1.807) is 6.92 Å². The highest BCUT2D eigenvalue weighted by Gasteiger charge is 2.08. The molecule has 0 aromatic carbocycles. The molecule has 0 unspecified atom stereocenters. The molecule has 0 aliphatic rings. The van der Waals surface area contributed by atoms with Crippen LogP contribution in [0.3, 0.4) is 0 Å². The number of aromatic nitrogens is 4. The average Bonchev–Trinajstić information content (AvgIpc) is 2.23. The van der Waals surface area contributed by atoms with Crippen LogP contribution in [-0.2, 0) is 0 Å². The van der Waals surface area contributed by atoms with Crippen molar-refractivity contribution in [1.82, 2.24) is 19.9 Å². The SMILES string of the molecule is Cc1c(Cl)ncnc1Sc1nc(N)cc(=O)[nH]1. The van der Waals surface area contributed by atoms with Gasteiger partial charge in [-0.15, -0.1) is 0 Å². The van der Waals surface area contributed by atoms with Crippen LogP contribution in [0.25, 0.3) is 0 Å². The van der Waals surface area contributed by atoms with E-state index in [0.717, 1.165) is 5.56 Å². The summed E-state index contributed by atoms with van der Waals surface area (Å²) >= 11 is 7.04. The van der Waals surface area contributed by atoms with Crippen LogP contribution in [0.4, 0.5) is 5.82 Å². The van der Waals surface area contributed by atoms with E-state index >= 15 is 0 Å². The number of anilines is 1. The molecule has 0 saturated carbocycles. The quantitative estimate of drug-likeness (QED) is 0.629. The number of H-pyrrole nitrogens is 1. The summed E-state index contributed by atoms with van der Waals surface area (Å²) in [5, 5.41) is 1.36. The summed E-state index contributed by atoms with van der Waals surface area (Å²) in [5.74, 6) is 0.161. The fraction of sp³-hybridized carbons (Fsp3) is 0.111. The first-order valence-electron chi connectivity index (χ1n) is 4.58. The number of aromatic amines is 1. The second kappa shape index (κ2) is 4.72. The van der Waals surface area contributed by atoms with E-state index in [4.69, 9.17) is 17.3 Å². The van der Waals surface area contributed by atoms with Crippen molar-refractivity contribution in [2.75, 3.05) is 5.73 Å². The Balaban J connectivity index is 2.38. The molecule has 0 bridgehead atoms. The van der Waals surface area contributed by atoms with Crippen LogP contribution in [-0.4, -0.2) is 19.9 Å². The van der Waals surface area contributed by atoms with Crippen molar-refractivity contribution in [1.29, 1.82) is 0 Å². The molecule has 2 aromatic rings. The molecule has 2 rings (SSSR count). The molecular weight excluding hydrogens is 262 g/mol. The average molecular weight is 270 g/mol. The van der Waals surface area contributed by atoms with Gasteiger partial charge in [0.25, 0.3) is 5.56 Å². The molecule has 88 valence electrons. The van der Waals surface area contributed by atoms with Crippen molar-refractivity contribution in [3.63, 3.8) is 0 Å². The van der Waals surface area contributed by atoms with Gasteiger partial charge in [0.05, 0.1) is 0 Å². The monoisotopic (exact) mass is 269 g/mol. The van der Waals surface area contributed by atoms with Crippen LogP contribution in [0.5, 0.6) is 0 Å². The Kier molecular flexibility index (Phi) is 3.30. The minimum atomic E-state index is -0.308. The number of hydrogen-bond acceptors (Lipinski definition) is 6. The number of nitrogens with zero attached hydrogens (tertiary/aromatic N) is 3. The number of nitrogens with two attached hydrogens (primary N) is 1. The summed E-state index contributed by atoms with van der Waals surface area (Å²) < 4.78 is 0. The summed E-state index contributed by atoms with van der Waals surface area (Å²) in [6.45, 7) is 1.79. The van der Waals surface area contributed by atoms with Gasteiger partial charge in [-0.25, -0.2) is 15.0 Å². The molecule has 2 aromatic heterocycles. The number of nitrogen functional groups attached to an aromatic ring is 1. The van der Waals surface area contributed by atoms with E-state index in [1.807, 2.05) is 0 Å². The third-order valence-electron chi connectivity index (χ3n) is 1.91. The second-order valence-corrected chi connectivity index (χ2v) is 4.51. The van der Waals surface area contributed by atoms with Gasteiger partial charge >= 0.3 is 0 Å². The van der Waals surface area contributed by atoms with Crippen molar-refractivity contribution >= 4 is 29.2 Å². The number of hydrogen-bond donors (Lipinski definition) is 2. The fourth-order valence-corrected chi connectivity index (χ4v) is 2.13. The molecule has 0 aliphatic heterocycles. The van der Waals surface area contributed by atoms with Crippen molar-refractivity contribution in [3.05, 3.63) is 33.5 Å². The zero-order valence-electron chi connectivity index (χ0n) is 8.77. The second-order valence-electron chi connectivity index (χ2n) is 3.17. The highest BCUT2D eigenvalue weighted by molar-refractivity contribution is 7.99. The van der Waals surface area contributed by atoms with Crippen LogP contribution in [0.2, 0.25) is 5.15 Å². The van der Waals surface area contributed by atoms with E-state index in [1.165, 1.54) is 24.2 Å². The van der Waals surface area contributed by atoms with Gasteiger partial charge < -0.3 is 10.7 Å². The molecule has 0 fully saturated rings. The molecule has 17 heavy (non-hydrogen) atoms. The van der Waals surface area contributed by atoms with E-state index in [0.29, 0.717) is 15.3 Å². The van der Waals surface area contributed by atoms with Crippen LogP contribution in [0.15, 0.2) is 27.4 Å². The van der Waals surface area contributed by atoms with Crippen LogP contribution in [0.1, 0.15) is 5.56 Å². The summed E-state index contributed by atoms with van der Waals surface area (Å²) in [6, 6.07) is 1.21. The van der Waals surface area contributed by atoms with Crippen molar-refractivity contribution in [3.8, 4) is 0 Å². The molecule has 0 radical (unpaired) electrons. The largest absolute Gasteiger partial charge is 0.383 e. The normalized spacial score (nSPS) is 10.5. The minimum absolute atomic E-state index is 0.161. The first-order chi connectivity index (χ1) is 8.06. The van der Waals surface area contributed by atoms with Gasteiger partial charge in [0.2, 0.25) is 0 Å². The van der Waals surface area contributed by atoms with E-state index < -0.39 is 0 Å². The maximum absolute atomic E-state index is 11.2. The Morgan fingerprint density at radius 1 is 1.47 bits per heavy atom. The third kappa shape index (κ3) is 2.75. The highest BCUT2D eigenvalue weighted by atomic mass is 35.5. The highest BCUT2D eigenvalue weighted by Crippen LogP contribution is 2.27. The summed E-state index contributed by atoms with van der Waals surface area (Å²) in [4.78, 5) is 25.6. The lowest BCUT2D eigenvalue weighted by Crippen LogP contribution is -2.09. The topological polar surface area (TPSA) is 97.5 Å². The van der Waals surface area contributed by atoms with Gasteiger partial charge in [0.15, 0.2) is 5.16 Å². The lowest BCUT2D eigenvalue weighted by Gasteiger charge is -2.04. The van der Waals surface area contributed by atoms with Gasteiger partial charge in [-0.3, -0.25) is 4.79 Å². The smallest absolute Gasteiger partial charge is 0.253 e. The molecule has 0 aliphatic carbocycles. The molecule has 0 amide bonds. The van der Waals surface area contributed by atoms with E-state index in [2.05, 4.69) is 19.9 Å². The van der Waals surface area contributed by atoms with Crippen molar-refractivity contribution in [2.24, 2.45) is 0 Å². The lowest BCUT2D eigenvalue weighted by atomic mass is 10.4. The molecule has 0 saturated heterocycles. The van der Waals surface area contributed by atoms with Gasteiger partial charge in [0.1, 0.15) is 22.3 Å². The third-order valence-corrected chi connectivity index (χ3v) is 3.28. The van der Waals surface area contributed by atoms with Crippen molar-refractivity contribution < 1.29 is 0 Å². The molecule has 3 N–H and O–H groups in total. The molecule has 2 heterocycles. The number of rotatable bonds is 2. The van der Waals surface area contributed by atoms with Gasteiger partial charge in [-0.05, 0) is 18.7 Å². The van der Waals surface area contributed by atoms with Gasteiger partial charge in [0, 0.05) is 11.6 Å². The van der Waals surface area contributed by atoms with E-state index in [-0.39, 0.29) is 11.4 Å². The number of halogens is 1. The van der Waals surface area contributed by atoms with Crippen LogP contribution >= 0.6 is 23.4 Å². The van der Waals surface area contributed by atoms with Gasteiger partial charge in [-0.2, -0.15) is 0 Å². The first-order valence-corrected chi connectivity index (χ1v) is 5.77. The Bertz CT molecular complexity index is 615. The predicted octanol–water partition coefficient (Wildman–Crippen LogP) is 1.26. The summed E-state index contributed by atoms with van der Waals surface area (Å²) in [6.07, 6.45) is 1.35. The van der Waals surface area contributed by atoms with Gasteiger partial charge in [-0.1, -0.05) is 11.6 Å². The maximum Gasteiger partial charge on any atom is 0.253 e. The Morgan fingerprint density at radius 3 is 2.94 bits per heavy atom. The van der Waals surface area contributed by atoms with Crippen LogP contribution in [0, 0.1) is 6.92 Å². The molecule has 0 spiro atoms. The molecule has 8 heteroatoms. The Morgan fingerprint density at radius 2 is 2.24 bits per heavy atom. The zero-order chi connectivity index (χ0) is 12.4. The summed E-state index contributed by atoms with van der Waals surface area (Å²) in [5.41, 5.74) is 5.90.